The Labute approximate surface area is 287 Å². The number of hydrogen-bond donors (Lipinski definition) is 0. The summed E-state index contributed by atoms with van der Waals surface area (Å²) in [6.07, 6.45) is 0. The fourth-order valence-electron chi connectivity index (χ4n) is 7.14. The van der Waals surface area contributed by atoms with Crippen LogP contribution in [-0.2, 0) is 0 Å². The third kappa shape index (κ3) is 4.60. The summed E-state index contributed by atoms with van der Waals surface area (Å²) in [5, 5.41) is 4.54. The monoisotopic (exact) mass is 640 g/mol. The molecule has 0 saturated carbocycles. The van der Waals surface area contributed by atoms with E-state index in [-0.39, 0.29) is 0 Å². The fourth-order valence-corrected chi connectivity index (χ4v) is 7.14. The first kappa shape index (κ1) is 28.2. The highest BCUT2D eigenvalue weighted by atomic mass is 16.3. The maximum absolute atomic E-state index is 6.21. The van der Waals surface area contributed by atoms with Crippen LogP contribution in [0, 0.1) is 0 Å². The Morgan fingerprint density at radius 1 is 0.380 bits per heavy atom. The van der Waals surface area contributed by atoms with E-state index in [1.165, 1.54) is 21.8 Å². The highest BCUT2D eigenvalue weighted by molar-refractivity contribution is 6.12. The summed E-state index contributed by atoms with van der Waals surface area (Å²) in [5.74, 6) is 1.84. The third-order valence-electron chi connectivity index (χ3n) is 9.47. The molecule has 0 N–H and O–H groups in total. The number of para-hydroxylation sites is 3. The van der Waals surface area contributed by atoms with Gasteiger partial charge in [0.05, 0.1) is 11.0 Å². The number of hydrogen-bond acceptors (Lipinski definition) is 4. The number of furan rings is 1. The predicted molar refractivity (Wildman–Crippen MR) is 203 cm³/mol. The molecule has 234 valence electrons. The zero-order valence-electron chi connectivity index (χ0n) is 26.9. The molecule has 5 nitrogen and oxygen atoms in total. The number of nitrogens with zero attached hydrogens (tertiary/aromatic N) is 4. The summed E-state index contributed by atoms with van der Waals surface area (Å²) >= 11 is 0. The van der Waals surface area contributed by atoms with Crippen molar-refractivity contribution in [3.8, 4) is 51.0 Å². The van der Waals surface area contributed by atoms with Crippen molar-refractivity contribution in [3.05, 3.63) is 170 Å². The van der Waals surface area contributed by atoms with Crippen LogP contribution >= 0.6 is 0 Å². The van der Waals surface area contributed by atoms with Crippen molar-refractivity contribution in [1.29, 1.82) is 0 Å². The van der Waals surface area contributed by atoms with Crippen LogP contribution in [0.25, 0.3) is 94.7 Å². The number of benzene rings is 7. The second-order valence-electron chi connectivity index (χ2n) is 12.4. The van der Waals surface area contributed by atoms with Crippen LogP contribution in [-0.4, -0.2) is 19.5 Å². The van der Waals surface area contributed by atoms with Crippen LogP contribution in [0.15, 0.2) is 174 Å². The average molecular weight is 641 g/mol. The van der Waals surface area contributed by atoms with Crippen molar-refractivity contribution in [3.63, 3.8) is 0 Å². The lowest BCUT2D eigenvalue weighted by Gasteiger charge is -2.11. The first-order valence-electron chi connectivity index (χ1n) is 16.7. The van der Waals surface area contributed by atoms with Gasteiger partial charge in [-0.3, -0.25) is 0 Å². The molecule has 0 atom stereocenters. The molecule has 0 spiro atoms. The Bertz CT molecular complexity index is 2810. The van der Waals surface area contributed by atoms with Crippen molar-refractivity contribution in [1.82, 2.24) is 19.5 Å². The zero-order chi connectivity index (χ0) is 33.0. The van der Waals surface area contributed by atoms with Gasteiger partial charge in [-0.15, -0.1) is 0 Å². The summed E-state index contributed by atoms with van der Waals surface area (Å²) in [6.45, 7) is 0. The third-order valence-corrected chi connectivity index (χ3v) is 9.47. The molecule has 0 bridgehead atoms. The van der Waals surface area contributed by atoms with Crippen molar-refractivity contribution in [2.45, 2.75) is 0 Å². The summed E-state index contributed by atoms with van der Waals surface area (Å²) in [5.41, 5.74) is 10.1. The maximum atomic E-state index is 6.21. The molecule has 5 heteroatoms. The second-order valence-corrected chi connectivity index (χ2v) is 12.4. The summed E-state index contributed by atoms with van der Waals surface area (Å²) < 4.78 is 8.55. The number of rotatable bonds is 5. The van der Waals surface area contributed by atoms with Crippen molar-refractivity contribution < 1.29 is 4.42 Å². The molecule has 0 radical (unpaired) electrons. The van der Waals surface area contributed by atoms with Crippen molar-refractivity contribution in [2.24, 2.45) is 0 Å². The summed E-state index contributed by atoms with van der Waals surface area (Å²) in [7, 11) is 0. The highest BCUT2D eigenvalue weighted by Crippen LogP contribution is 2.37. The maximum Gasteiger partial charge on any atom is 0.164 e. The Hall–Kier alpha value is -6.85. The van der Waals surface area contributed by atoms with Gasteiger partial charge < -0.3 is 8.98 Å². The number of fused-ring (bicyclic) bond motifs is 6. The van der Waals surface area contributed by atoms with Gasteiger partial charge in [-0.1, -0.05) is 127 Å². The van der Waals surface area contributed by atoms with E-state index >= 15 is 0 Å². The summed E-state index contributed by atoms with van der Waals surface area (Å²) in [6, 6.07) is 58.6. The lowest BCUT2D eigenvalue weighted by molar-refractivity contribution is 0.669. The molecule has 3 heterocycles. The van der Waals surface area contributed by atoms with E-state index in [4.69, 9.17) is 19.4 Å². The Kier molecular flexibility index (Phi) is 6.42. The van der Waals surface area contributed by atoms with Crippen LogP contribution in [0.2, 0.25) is 0 Å². The molecule has 0 unspecified atom stereocenters. The van der Waals surface area contributed by atoms with E-state index in [1.807, 2.05) is 60.7 Å². The van der Waals surface area contributed by atoms with E-state index in [9.17, 15) is 0 Å². The van der Waals surface area contributed by atoms with Crippen molar-refractivity contribution in [2.75, 3.05) is 0 Å². The minimum atomic E-state index is 0.604. The minimum Gasteiger partial charge on any atom is -0.456 e. The molecule has 3 aromatic heterocycles. The van der Waals surface area contributed by atoms with Crippen molar-refractivity contribution >= 4 is 43.7 Å². The Morgan fingerprint density at radius 2 is 0.940 bits per heavy atom. The van der Waals surface area contributed by atoms with E-state index < -0.39 is 0 Å². The van der Waals surface area contributed by atoms with Gasteiger partial charge in [-0.05, 0) is 53.6 Å². The highest BCUT2D eigenvalue weighted by Gasteiger charge is 2.18. The van der Waals surface area contributed by atoms with Gasteiger partial charge in [-0.2, -0.15) is 0 Å². The molecule has 0 aliphatic rings. The van der Waals surface area contributed by atoms with Gasteiger partial charge in [0.1, 0.15) is 11.2 Å². The molecule has 10 rings (SSSR count). The van der Waals surface area contributed by atoms with Crippen LogP contribution in [0.4, 0.5) is 0 Å². The lowest BCUT2D eigenvalue weighted by Crippen LogP contribution is -2.00. The standard InChI is InChI=1S/C45H28N4O/c1-2-12-30(13-3-1)43-46-44(48-45(47-43)37-19-11-23-41-42(37)36-18-6-9-22-40(36)50-41)32-15-10-14-31(28-32)29-24-26-33(27-25-29)49-38-20-7-4-16-34(38)35-17-5-8-21-39(35)49/h1-28H. The molecular weight excluding hydrogens is 613 g/mol. The fraction of sp³-hybridized carbons (Fsp3) is 0. The van der Waals surface area contributed by atoms with E-state index in [0.29, 0.717) is 17.5 Å². The van der Waals surface area contributed by atoms with Crippen LogP contribution in [0.3, 0.4) is 0 Å². The molecule has 0 amide bonds. The molecular formula is C45H28N4O. The topological polar surface area (TPSA) is 56.7 Å². The van der Waals surface area contributed by atoms with Crippen LogP contribution in [0.1, 0.15) is 0 Å². The Balaban J connectivity index is 1.09. The second kappa shape index (κ2) is 11.4. The lowest BCUT2D eigenvalue weighted by atomic mass is 10.0. The zero-order valence-corrected chi connectivity index (χ0v) is 26.9. The van der Waals surface area contributed by atoms with E-state index in [0.717, 1.165) is 55.4 Å². The molecule has 7 aromatic carbocycles. The van der Waals surface area contributed by atoms with Gasteiger partial charge in [0.15, 0.2) is 17.5 Å². The molecule has 50 heavy (non-hydrogen) atoms. The van der Waals surface area contributed by atoms with Gasteiger partial charge in [0.25, 0.3) is 0 Å². The van der Waals surface area contributed by atoms with E-state index in [1.54, 1.807) is 0 Å². The van der Waals surface area contributed by atoms with Gasteiger partial charge in [0.2, 0.25) is 0 Å². The van der Waals surface area contributed by atoms with Gasteiger partial charge >= 0.3 is 0 Å². The largest absolute Gasteiger partial charge is 0.456 e. The average Bonchev–Trinajstić information content (AvgIpc) is 3.74. The van der Waals surface area contributed by atoms with Gasteiger partial charge in [0, 0.05) is 43.9 Å². The Morgan fingerprint density at radius 3 is 1.70 bits per heavy atom. The molecule has 0 aliphatic carbocycles. The molecule has 0 saturated heterocycles. The summed E-state index contributed by atoms with van der Waals surface area (Å²) in [4.78, 5) is 15.2. The minimum absolute atomic E-state index is 0.604. The van der Waals surface area contributed by atoms with Crippen LogP contribution in [0.5, 0.6) is 0 Å². The molecule has 0 aliphatic heterocycles. The normalized spacial score (nSPS) is 11.6. The quantitative estimate of drug-likeness (QED) is 0.188. The van der Waals surface area contributed by atoms with Gasteiger partial charge in [-0.25, -0.2) is 15.0 Å². The van der Waals surface area contributed by atoms with E-state index in [2.05, 4.69) is 114 Å². The predicted octanol–water partition coefficient (Wildman–Crippen LogP) is 11.5. The molecule has 10 aromatic rings. The first-order valence-corrected chi connectivity index (χ1v) is 16.7. The molecule has 0 fully saturated rings. The SMILES string of the molecule is c1ccc(-c2nc(-c3cccc(-c4ccc(-n5c6ccccc6c6ccccc65)cc4)c3)nc(-c3cccc4oc5ccccc5c34)n2)cc1. The van der Waals surface area contributed by atoms with Crippen LogP contribution < -0.4 is 0 Å². The number of aromatic nitrogens is 4. The first-order chi connectivity index (χ1) is 24.8. The smallest absolute Gasteiger partial charge is 0.164 e.